The van der Waals surface area contributed by atoms with Crippen LogP contribution in [0.1, 0.15) is 245 Å². The van der Waals surface area contributed by atoms with Crippen LogP contribution in [0.2, 0.25) is 11.6 Å². The van der Waals surface area contributed by atoms with Gasteiger partial charge in [0.25, 0.3) is 0 Å². The Morgan fingerprint density at radius 3 is 2.01 bits per heavy atom. The van der Waals surface area contributed by atoms with Crippen molar-refractivity contribution in [1.29, 1.82) is 0 Å². The minimum absolute atomic E-state index is 0.155. The summed E-state index contributed by atoms with van der Waals surface area (Å²) in [5, 5.41) is 0. The van der Waals surface area contributed by atoms with E-state index in [4.69, 9.17) is 0 Å². The molecule has 8 atom stereocenters. The fourth-order valence-electron chi connectivity index (χ4n) is 19.7. The zero-order valence-electron chi connectivity index (χ0n) is 46.3. The maximum Gasteiger partial charge on any atom is 0.189 e. The van der Waals surface area contributed by atoms with E-state index in [9.17, 15) is 0 Å². The Morgan fingerprint density at radius 1 is 0.725 bits per heavy atom. The first-order valence-electron chi connectivity index (χ1n) is 30.1. The molecule has 3 nitrogen and oxygen atoms in total. The van der Waals surface area contributed by atoms with E-state index >= 15 is 0 Å². The smallest absolute Gasteiger partial charge is 0.189 e. The number of hydrogen-bond donors (Lipinski definition) is 0. The van der Waals surface area contributed by atoms with Crippen LogP contribution < -0.4 is 0 Å². The first-order valence-corrected chi connectivity index (χ1v) is 30.9. The van der Waals surface area contributed by atoms with Crippen LogP contribution in [-0.4, -0.2) is 63.2 Å². The minimum atomic E-state index is 0.155. The van der Waals surface area contributed by atoms with Crippen LogP contribution in [0.4, 0.5) is 0 Å². The van der Waals surface area contributed by atoms with E-state index in [0.717, 1.165) is 35.7 Å². The Morgan fingerprint density at radius 2 is 1.38 bits per heavy atom. The van der Waals surface area contributed by atoms with Gasteiger partial charge in [-0.3, -0.25) is 9.80 Å². The van der Waals surface area contributed by atoms with Crippen molar-refractivity contribution in [2.75, 3.05) is 0 Å². The molecule has 12 rings (SSSR count). The second kappa shape index (κ2) is 17.2. The van der Waals surface area contributed by atoms with E-state index in [1.54, 1.807) is 21.6 Å². The molecule has 8 aliphatic carbocycles. The van der Waals surface area contributed by atoms with Gasteiger partial charge >= 0.3 is 0 Å². The summed E-state index contributed by atoms with van der Waals surface area (Å²) in [5.74, 6) is 3.79. The molecule has 1 spiro atoms. The zero-order valence-corrected chi connectivity index (χ0v) is 47.1. The second-order valence-electron chi connectivity index (χ2n) is 30.0. The summed E-state index contributed by atoms with van der Waals surface area (Å²) in [6, 6.07) is 4.58. The highest BCUT2D eigenvalue weighted by atomic mass is 32.1. The summed E-state index contributed by atoms with van der Waals surface area (Å²) >= 11 is 2.29. The molecule has 0 radical (unpaired) electrons. The number of thiophene rings is 1. The van der Waals surface area contributed by atoms with Gasteiger partial charge in [-0.15, -0.1) is 11.3 Å². The lowest BCUT2D eigenvalue weighted by atomic mass is 9.22. The van der Waals surface area contributed by atoms with Crippen molar-refractivity contribution in [3.05, 3.63) is 61.4 Å². The molecule has 4 heterocycles. The van der Waals surface area contributed by atoms with E-state index in [-0.39, 0.29) is 11.0 Å². The third-order valence-corrected chi connectivity index (χ3v) is 24.6. The molecule has 1 aromatic rings. The van der Waals surface area contributed by atoms with Crippen LogP contribution in [0, 0.1) is 39.4 Å². The van der Waals surface area contributed by atoms with Crippen LogP contribution in [0.25, 0.3) is 6.08 Å². The van der Waals surface area contributed by atoms with Crippen molar-refractivity contribution in [2.24, 2.45) is 39.4 Å². The molecule has 4 saturated carbocycles. The zero-order chi connectivity index (χ0) is 48.2. The molecule has 69 heavy (non-hydrogen) atoms. The highest BCUT2D eigenvalue weighted by Gasteiger charge is 2.70. The standard InChI is InChI=1S/C64H98BN3S/c1-40-35-54-57-55(36-40)68-58-49(64(63(68,11)12)33-16-13-17-34-64)37-43(62(8,9)10)38-51(58)65(57)50-32-31-46(39-53(50)67(54)52-21-18-20-48-47-19-14-15-22-56(47)69-59(48)52)66(44-27-23-41(24-28-44)60(2,3)4)45-29-25-42(26-30-45)61(5,6)7/h14,19,37-38,40-42,44-46,50-53,55,58H,13,15-18,20-36,39H2,1-12H3. The highest BCUT2D eigenvalue weighted by molar-refractivity contribution is 7.12. The molecule has 5 heteroatoms. The Hall–Kier alpha value is -1.56. The summed E-state index contributed by atoms with van der Waals surface area (Å²) in [6.07, 6.45) is 42.8. The average Bonchev–Trinajstić information content (AvgIpc) is 3.78. The van der Waals surface area contributed by atoms with Crippen molar-refractivity contribution < 1.29 is 0 Å². The number of hydrogen-bond acceptors (Lipinski definition) is 4. The van der Waals surface area contributed by atoms with Gasteiger partial charge < -0.3 is 4.90 Å². The van der Waals surface area contributed by atoms with Crippen molar-refractivity contribution in [2.45, 2.75) is 290 Å². The van der Waals surface area contributed by atoms with Crippen LogP contribution >= 0.6 is 11.3 Å². The van der Waals surface area contributed by atoms with Crippen LogP contribution in [-0.2, 0) is 12.8 Å². The van der Waals surface area contributed by atoms with Gasteiger partial charge in [-0.25, -0.2) is 0 Å². The molecule has 11 aliphatic rings. The Labute approximate surface area is 427 Å². The average molecular weight is 952 g/mol. The Bertz CT molecular complexity index is 2210. The largest absolute Gasteiger partial charge is 0.365 e. The van der Waals surface area contributed by atoms with Crippen LogP contribution in [0.5, 0.6) is 0 Å². The van der Waals surface area contributed by atoms with E-state index in [0.29, 0.717) is 59.0 Å². The monoisotopic (exact) mass is 952 g/mol. The summed E-state index contributed by atoms with van der Waals surface area (Å²) in [6.45, 7) is 31.8. The molecular weight excluding hydrogens is 854 g/mol. The molecular formula is C64H98BN3S. The quantitative estimate of drug-likeness (QED) is 0.279. The van der Waals surface area contributed by atoms with Gasteiger partial charge in [0.15, 0.2) is 6.71 Å². The molecule has 378 valence electrons. The molecule has 0 amide bonds. The molecule has 1 aromatic heterocycles. The normalized spacial score (nSPS) is 38.6. The highest BCUT2D eigenvalue weighted by Crippen LogP contribution is 2.70. The van der Waals surface area contributed by atoms with Gasteiger partial charge in [0, 0.05) is 62.7 Å². The van der Waals surface area contributed by atoms with Gasteiger partial charge in [-0.05, 0) is 204 Å². The SMILES string of the molecule is CC1CC2=C3B(C4C=C(C(C)(C)C)C=C5C4N(C3C1)C(C)(C)C51CCCCC1)C1CCC(N(C3CCC(C(C)(C)C)CC3)C3CCC(C(C)(C)C)CC3)CC1N2C1CCCc2c1sc1c2C=CCC1. The van der Waals surface area contributed by atoms with E-state index in [2.05, 4.69) is 133 Å². The lowest BCUT2D eigenvalue weighted by Crippen LogP contribution is -2.68. The summed E-state index contributed by atoms with van der Waals surface area (Å²) < 4.78 is 0. The third kappa shape index (κ3) is 7.69. The number of allylic oxidation sites excluding steroid dienone is 4. The summed E-state index contributed by atoms with van der Waals surface area (Å²) in [5.41, 5.74) is 12.4. The van der Waals surface area contributed by atoms with Crippen molar-refractivity contribution >= 4 is 24.1 Å². The van der Waals surface area contributed by atoms with Crippen molar-refractivity contribution in [3.8, 4) is 0 Å². The minimum Gasteiger partial charge on any atom is -0.365 e. The lowest BCUT2D eigenvalue weighted by molar-refractivity contribution is -0.0273. The molecule has 2 saturated heterocycles. The predicted molar refractivity (Wildman–Crippen MR) is 296 cm³/mol. The van der Waals surface area contributed by atoms with Crippen LogP contribution in [0.3, 0.4) is 0 Å². The van der Waals surface area contributed by atoms with Gasteiger partial charge in [-0.1, -0.05) is 125 Å². The molecule has 3 aliphatic heterocycles. The predicted octanol–water partition coefficient (Wildman–Crippen LogP) is 17.0. The maximum absolute atomic E-state index is 3.38. The van der Waals surface area contributed by atoms with Gasteiger partial charge in [0.05, 0.1) is 6.04 Å². The number of nitrogens with zero attached hydrogens (tertiary/aromatic N) is 3. The summed E-state index contributed by atoms with van der Waals surface area (Å²) in [7, 11) is 0. The Balaban J connectivity index is 1.01. The first-order chi connectivity index (χ1) is 32.8. The van der Waals surface area contributed by atoms with Gasteiger partial charge in [0.1, 0.15) is 0 Å². The van der Waals surface area contributed by atoms with E-state index in [1.165, 1.54) is 148 Å². The lowest BCUT2D eigenvalue weighted by Gasteiger charge is -2.64. The molecule has 6 fully saturated rings. The fraction of sp³-hybridized carbons (Fsp3) is 0.812. The molecule has 0 N–H and O–H groups in total. The van der Waals surface area contributed by atoms with Crippen molar-refractivity contribution in [1.82, 2.24) is 14.7 Å². The van der Waals surface area contributed by atoms with E-state index < -0.39 is 0 Å². The number of aryl methyl sites for hydroxylation is 1. The maximum atomic E-state index is 3.38. The van der Waals surface area contributed by atoms with Crippen molar-refractivity contribution in [3.63, 3.8) is 0 Å². The van der Waals surface area contributed by atoms with Crippen LogP contribution in [0.15, 0.2) is 40.5 Å². The van der Waals surface area contributed by atoms with Gasteiger partial charge in [-0.2, -0.15) is 0 Å². The Kier molecular flexibility index (Phi) is 12.1. The number of fused-ring (bicyclic) bond motifs is 8. The van der Waals surface area contributed by atoms with E-state index in [1.807, 2.05) is 21.6 Å². The second-order valence-corrected chi connectivity index (χ2v) is 31.2. The third-order valence-electron chi connectivity index (χ3n) is 23.2. The fourth-order valence-corrected chi connectivity index (χ4v) is 21.2. The molecule has 0 bridgehead atoms. The van der Waals surface area contributed by atoms with Gasteiger partial charge in [0.2, 0.25) is 0 Å². The first kappa shape index (κ1) is 48.4. The summed E-state index contributed by atoms with van der Waals surface area (Å²) in [4.78, 5) is 13.6. The molecule has 8 unspecified atom stereocenters. The molecule has 0 aromatic carbocycles. The number of rotatable bonds is 4. The topological polar surface area (TPSA) is 9.72 Å².